The minimum atomic E-state index is -0.557. The molecule has 2 atom stereocenters. The van der Waals surface area contributed by atoms with Crippen LogP contribution in [0, 0.1) is 11.6 Å². The predicted molar refractivity (Wildman–Crippen MR) is 116 cm³/mol. The monoisotopic (exact) mass is 496 g/mol. The number of nitrogens with zero attached hydrogens (tertiary/aromatic N) is 2. The van der Waals surface area contributed by atoms with Crippen LogP contribution in [-0.2, 0) is 4.74 Å². The number of hydrogen-bond acceptors (Lipinski definition) is 3. The summed E-state index contributed by atoms with van der Waals surface area (Å²) in [6, 6.07) is 4.05. The number of guanidine groups is 1. The summed E-state index contributed by atoms with van der Waals surface area (Å²) in [5.74, 6) is -0.460. The molecule has 2 rings (SSSR count). The summed E-state index contributed by atoms with van der Waals surface area (Å²) in [6.07, 6.45) is 0. The van der Waals surface area contributed by atoms with Crippen LogP contribution in [0.5, 0.6) is 0 Å². The lowest BCUT2D eigenvalue weighted by molar-refractivity contribution is 0.0220. The molecule has 27 heavy (non-hydrogen) atoms. The van der Waals surface area contributed by atoms with Crippen LogP contribution in [0.3, 0.4) is 0 Å². The van der Waals surface area contributed by atoms with E-state index in [-0.39, 0.29) is 29.9 Å². The van der Waals surface area contributed by atoms with Crippen LogP contribution in [0.1, 0.15) is 32.3 Å². The molecule has 0 bridgehead atoms. The molecule has 0 radical (unpaired) electrons. The first-order valence-electron chi connectivity index (χ1n) is 9.30. The molecule has 1 saturated heterocycles. The summed E-state index contributed by atoms with van der Waals surface area (Å²) in [6.45, 7) is 11.4. The van der Waals surface area contributed by atoms with E-state index in [4.69, 9.17) is 4.74 Å². The SMILES string of the molecule is CCNC(=NCC(C)N1CCOCC1)NCC(C)c1ccc(F)cc1F.I. The average molecular weight is 496 g/mol. The van der Waals surface area contributed by atoms with E-state index in [9.17, 15) is 8.78 Å². The highest BCUT2D eigenvalue weighted by molar-refractivity contribution is 14.0. The largest absolute Gasteiger partial charge is 0.379 e. The Balaban J connectivity index is 0.00000364. The summed E-state index contributed by atoms with van der Waals surface area (Å²) in [5.41, 5.74) is 0.497. The lowest BCUT2D eigenvalue weighted by Gasteiger charge is -2.31. The Bertz CT molecular complexity index is 597. The molecule has 0 spiro atoms. The Labute approximate surface area is 178 Å². The van der Waals surface area contributed by atoms with Gasteiger partial charge in [-0.25, -0.2) is 8.78 Å². The van der Waals surface area contributed by atoms with E-state index in [0.29, 0.717) is 30.7 Å². The van der Waals surface area contributed by atoms with Gasteiger partial charge in [-0.15, -0.1) is 24.0 Å². The van der Waals surface area contributed by atoms with Crippen molar-refractivity contribution in [1.29, 1.82) is 0 Å². The maximum absolute atomic E-state index is 13.9. The molecule has 1 aromatic carbocycles. The van der Waals surface area contributed by atoms with Crippen molar-refractivity contribution in [1.82, 2.24) is 15.5 Å². The highest BCUT2D eigenvalue weighted by Crippen LogP contribution is 2.19. The molecule has 0 amide bonds. The lowest BCUT2D eigenvalue weighted by Crippen LogP contribution is -2.44. The van der Waals surface area contributed by atoms with Crippen molar-refractivity contribution < 1.29 is 13.5 Å². The Morgan fingerprint density at radius 3 is 2.56 bits per heavy atom. The van der Waals surface area contributed by atoms with E-state index < -0.39 is 11.6 Å². The van der Waals surface area contributed by atoms with E-state index >= 15 is 0 Å². The van der Waals surface area contributed by atoms with Gasteiger partial charge < -0.3 is 15.4 Å². The second-order valence-electron chi connectivity index (χ2n) is 6.66. The minimum absolute atomic E-state index is 0. The van der Waals surface area contributed by atoms with Gasteiger partial charge in [0.2, 0.25) is 0 Å². The fourth-order valence-electron chi connectivity index (χ4n) is 2.96. The zero-order valence-corrected chi connectivity index (χ0v) is 18.6. The number of benzene rings is 1. The van der Waals surface area contributed by atoms with Crippen LogP contribution >= 0.6 is 24.0 Å². The number of halogens is 3. The van der Waals surface area contributed by atoms with Crippen LogP contribution in [-0.4, -0.2) is 62.8 Å². The zero-order chi connectivity index (χ0) is 18.9. The van der Waals surface area contributed by atoms with Gasteiger partial charge in [0.1, 0.15) is 11.6 Å². The maximum atomic E-state index is 13.9. The molecule has 8 heteroatoms. The summed E-state index contributed by atoms with van der Waals surface area (Å²) < 4.78 is 32.3. The van der Waals surface area contributed by atoms with Crippen LogP contribution in [0.4, 0.5) is 8.78 Å². The topological polar surface area (TPSA) is 48.9 Å². The van der Waals surface area contributed by atoms with Gasteiger partial charge in [0, 0.05) is 44.2 Å². The van der Waals surface area contributed by atoms with Crippen molar-refractivity contribution in [3.05, 3.63) is 35.4 Å². The molecule has 2 N–H and O–H groups in total. The van der Waals surface area contributed by atoms with Gasteiger partial charge in [-0.1, -0.05) is 13.0 Å². The fourth-order valence-corrected chi connectivity index (χ4v) is 2.96. The number of hydrogen-bond donors (Lipinski definition) is 2. The number of aliphatic imine (C=N–C) groups is 1. The Kier molecular flexibility index (Phi) is 11.1. The number of rotatable bonds is 7. The van der Waals surface area contributed by atoms with Gasteiger partial charge in [-0.2, -0.15) is 0 Å². The standard InChI is InChI=1S/C19H30F2N4O.HI/c1-4-22-19(24-13-15(3)25-7-9-26-10-8-25)23-12-14(2)17-6-5-16(20)11-18(17)21;/h5-6,11,14-15H,4,7-10,12-13H2,1-3H3,(H2,22,23,24);1H. The molecule has 0 aliphatic carbocycles. The average Bonchev–Trinajstić information content (AvgIpc) is 2.64. The first-order valence-corrected chi connectivity index (χ1v) is 9.30. The minimum Gasteiger partial charge on any atom is -0.379 e. The first kappa shape index (κ1) is 24.0. The predicted octanol–water partition coefficient (Wildman–Crippen LogP) is 2.96. The fraction of sp³-hybridized carbons (Fsp3) is 0.632. The summed E-state index contributed by atoms with van der Waals surface area (Å²) in [4.78, 5) is 7.02. The van der Waals surface area contributed by atoms with Crippen molar-refractivity contribution in [2.75, 3.05) is 45.9 Å². The quantitative estimate of drug-likeness (QED) is 0.347. The van der Waals surface area contributed by atoms with Crippen molar-refractivity contribution in [2.24, 2.45) is 4.99 Å². The second kappa shape index (κ2) is 12.5. The summed E-state index contributed by atoms with van der Waals surface area (Å²) >= 11 is 0. The molecular formula is C19H31F2IN4O. The van der Waals surface area contributed by atoms with E-state index in [1.165, 1.54) is 12.1 Å². The van der Waals surface area contributed by atoms with E-state index in [0.717, 1.165) is 38.9 Å². The molecule has 1 fully saturated rings. The van der Waals surface area contributed by atoms with E-state index in [1.807, 2.05) is 13.8 Å². The molecule has 1 aliphatic rings. The van der Waals surface area contributed by atoms with Gasteiger partial charge in [0.25, 0.3) is 0 Å². The van der Waals surface area contributed by atoms with Gasteiger partial charge in [0.15, 0.2) is 5.96 Å². The van der Waals surface area contributed by atoms with Gasteiger partial charge >= 0.3 is 0 Å². The highest BCUT2D eigenvalue weighted by atomic mass is 127. The third kappa shape index (κ3) is 7.87. The van der Waals surface area contributed by atoms with E-state index in [2.05, 4.69) is 27.4 Å². The third-order valence-corrected chi connectivity index (χ3v) is 4.60. The van der Waals surface area contributed by atoms with Gasteiger partial charge in [-0.05, 0) is 25.5 Å². The summed E-state index contributed by atoms with van der Waals surface area (Å²) in [7, 11) is 0. The van der Waals surface area contributed by atoms with Crippen LogP contribution in [0.15, 0.2) is 23.2 Å². The normalized spacial score (nSPS) is 17.7. The van der Waals surface area contributed by atoms with Gasteiger partial charge in [-0.3, -0.25) is 9.89 Å². The van der Waals surface area contributed by atoms with Crippen molar-refractivity contribution >= 4 is 29.9 Å². The molecule has 154 valence electrons. The molecule has 2 unspecified atom stereocenters. The molecule has 1 heterocycles. The van der Waals surface area contributed by atoms with Crippen LogP contribution < -0.4 is 10.6 Å². The first-order chi connectivity index (χ1) is 12.5. The maximum Gasteiger partial charge on any atom is 0.191 e. The molecule has 1 aromatic rings. The summed E-state index contributed by atoms with van der Waals surface area (Å²) in [5, 5.41) is 6.47. The van der Waals surface area contributed by atoms with Crippen LogP contribution in [0.2, 0.25) is 0 Å². The molecule has 0 aromatic heterocycles. The molecule has 0 saturated carbocycles. The third-order valence-electron chi connectivity index (χ3n) is 4.60. The van der Waals surface area contributed by atoms with Crippen molar-refractivity contribution in [2.45, 2.75) is 32.7 Å². The Morgan fingerprint density at radius 2 is 1.93 bits per heavy atom. The Morgan fingerprint density at radius 1 is 1.22 bits per heavy atom. The highest BCUT2D eigenvalue weighted by Gasteiger charge is 2.17. The smallest absolute Gasteiger partial charge is 0.191 e. The number of ether oxygens (including phenoxy) is 1. The van der Waals surface area contributed by atoms with Crippen molar-refractivity contribution in [3.8, 4) is 0 Å². The van der Waals surface area contributed by atoms with Gasteiger partial charge in [0.05, 0.1) is 19.8 Å². The number of nitrogens with one attached hydrogen (secondary N) is 2. The molecule has 5 nitrogen and oxygen atoms in total. The van der Waals surface area contributed by atoms with E-state index in [1.54, 1.807) is 0 Å². The molecule has 1 aliphatic heterocycles. The van der Waals surface area contributed by atoms with Crippen molar-refractivity contribution in [3.63, 3.8) is 0 Å². The van der Waals surface area contributed by atoms with Crippen LogP contribution in [0.25, 0.3) is 0 Å². The second-order valence-corrected chi connectivity index (χ2v) is 6.66. The molecular weight excluding hydrogens is 465 g/mol. The number of morpholine rings is 1. The zero-order valence-electron chi connectivity index (χ0n) is 16.3. The Hall–Kier alpha value is -1.00. The lowest BCUT2D eigenvalue weighted by atomic mass is 10.0.